The Kier molecular flexibility index (Phi) is 3.82. The second-order valence-electron chi connectivity index (χ2n) is 4.86. The van der Waals surface area contributed by atoms with Crippen molar-refractivity contribution < 1.29 is 0 Å². The van der Waals surface area contributed by atoms with Crippen molar-refractivity contribution in [2.24, 2.45) is 5.73 Å². The monoisotopic (exact) mass is 243 g/mol. The first-order valence-electron chi connectivity index (χ1n) is 6.44. The van der Waals surface area contributed by atoms with Gasteiger partial charge in [0.15, 0.2) is 0 Å². The molecular formula is C15H21N3. The van der Waals surface area contributed by atoms with Crippen LogP contribution in [0, 0.1) is 13.8 Å². The van der Waals surface area contributed by atoms with E-state index in [1.807, 2.05) is 10.9 Å². The largest absolute Gasteiger partial charge is 0.324 e. The first-order valence-corrected chi connectivity index (χ1v) is 6.44. The Bertz CT molecular complexity index is 528. The van der Waals surface area contributed by atoms with Crippen molar-refractivity contribution in [1.29, 1.82) is 0 Å². The van der Waals surface area contributed by atoms with Crippen LogP contribution in [-0.4, -0.2) is 9.78 Å². The predicted molar refractivity (Wildman–Crippen MR) is 74.4 cm³/mol. The van der Waals surface area contributed by atoms with E-state index in [0.29, 0.717) is 0 Å². The average Bonchev–Trinajstić information content (AvgIpc) is 2.80. The Balaban J connectivity index is 2.11. The summed E-state index contributed by atoms with van der Waals surface area (Å²) in [5, 5.41) is 4.27. The molecule has 18 heavy (non-hydrogen) atoms. The molecule has 0 amide bonds. The Morgan fingerprint density at radius 1 is 1.28 bits per heavy atom. The molecule has 1 unspecified atom stereocenters. The maximum atomic E-state index is 6.26. The lowest BCUT2D eigenvalue weighted by molar-refractivity contribution is 0.657. The van der Waals surface area contributed by atoms with E-state index in [1.165, 1.54) is 22.3 Å². The van der Waals surface area contributed by atoms with Crippen LogP contribution >= 0.6 is 0 Å². The van der Waals surface area contributed by atoms with Crippen LogP contribution < -0.4 is 5.73 Å². The molecule has 2 aromatic rings. The van der Waals surface area contributed by atoms with Crippen molar-refractivity contribution in [2.75, 3.05) is 0 Å². The molecule has 0 fully saturated rings. The van der Waals surface area contributed by atoms with Crippen LogP contribution in [0.3, 0.4) is 0 Å². The minimum absolute atomic E-state index is 0.0406. The van der Waals surface area contributed by atoms with Crippen LogP contribution in [-0.2, 0) is 13.0 Å². The summed E-state index contributed by atoms with van der Waals surface area (Å²) in [5.41, 5.74) is 11.3. The zero-order valence-corrected chi connectivity index (χ0v) is 11.4. The first-order chi connectivity index (χ1) is 8.60. The predicted octanol–water partition coefficient (Wildman–Crippen LogP) is 2.76. The molecule has 0 aliphatic rings. The van der Waals surface area contributed by atoms with E-state index in [2.05, 4.69) is 50.3 Å². The second kappa shape index (κ2) is 5.36. The highest BCUT2D eigenvalue weighted by Gasteiger charge is 2.09. The van der Waals surface area contributed by atoms with Crippen LogP contribution in [0.15, 0.2) is 30.6 Å². The third-order valence-corrected chi connectivity index (χ3v) is 3.43. The van der Waals surface area contributed by atoms with Crippen LogP contribution in [0.1, 0.15) is 35.2 Å². The molecule has 1 aromatic carbocycles. The van der Waals surface area contributed by atoms with E-state index in [0.717, 1.165) is 13.0 Å². The van der Waals surface area contributed by atoms with Crippen LogP contribution in [0.2, 0.25) is 0 Å². The summed E-state index contributed by atoms with van der Waals surface area (Å²) in [4.78, 5) is 0. The normalized spacial score (nSPS) is 12.7. The third kappa shape index (κ3) is 2.79. The van der Waals surface area contributed by atoms with Crippen molar-refractivity contribution >= 4 is 0 Å². The molecular weight excluding hydrogens is 222 g/mol. The molecule has 2 rings (SSSR count). The lowest BCUT2D eigenvalue weighted by atomic mass is 9.98. The van der Waals surface area contributed by atoms with Crippen molar-refractivity contribution in [3.63, 3.8) is 0 Å². The molecule has 0 saturated carbocycles. The fourth-order valence-electron chi connectivity index (χ4n) is 2.05. The molecule has 1 aromatic heterocycles. The number of aryl methyl sites for hydroxylation is 3. The Morgan fingerprint density at radius 3 is 2.67 bits per heavy atom. The number of benzene rings is 1. The van der Waals surface area contributed by atoms with Crippen LogP contribution in [0.25, 0.3) is 0 Å². The van der Waals surface area contributed by atoms with Crippen molar-refractivity contribution in [3.8, 4) is 0 Å². The third-order valence-electron chi connectivity index (χ3n) is 3.43. The highest BCUT2D eigenvalue weighted by molar-refractivity contribution is 5.32. The summed E-state index contributed by atoms with van der Waals surface area (Å²) in [5.74, 6) is 0. The highest BCUT2D eigenvalue weighted by Crippen LogP contribution is 2.18. The summed E-state index contributed by atoms with van der Waals surface area (Å²) in [7, 11) is 0. The van der Waals surface area contributed by atoms with Gasteiger partial charge in [0.25, 0.3) is 0 Å². The zero-order valence-electron chi connectivity index (χ0n) is 11.4. The van der Waals surface area contributed by atoms with Gasteiger partial charge in [-0.3, -0.25) is 4.68 Å². The minimum atomic E-state index is 0.0406. The Labute approximate surface area is 109 Å². The lowest BCUT2D eigenvalue weighted by Crippen LogP contribution is -2.13. The van der Waals surface area contributed by atoms with Crippen LogP contribution in [0.4, 0.5) is 0 Å². The van der Waals surface area contributed by atoms with Gasteiger partial charge >= 0.3 is 0 Å². The Morgan fingerprint density at radius 2 is 2.06 bits per heavy atom. The van der Waals surface area contributed by atoms with E-state index in [1.54, 1.807) is 0 Å². The Hall–Kier alpha value is -1.61. The topological polar surface area (TPSA) is 43.8 Å². The molecule has 0 saturated heterocycles. The number of hydrogen-bond donors (Lipinski definition) is 1. The smallest absolute Gasteiger partial charge is 0.0522 e. The van der Waals surface area contributed by atoms with Gasteiger partial charge in [-0.1, -0.05) is 18.2 Å². The number of nitrogens with zero attached hydrogens (tertiary/aromatic N) is 2. The maximum absolute atomic E-state index is 6.26. The van der Waals surface area contributed by atoms with Gasteiger partial charge in [-0.2, -0.15) is 5.10 Å². The number of nitrogens with two attached hydrogens (primary N) is 1. The molecule has 0 radical (unpaired) electrons. The van der Waals surface area contributed by atoms with Gasteiger partial charge in [-0.05, 0) is 49.4 Å². The summed E-state index contributed by atoms with van der Waals surface area (Å²) < 4.78 is 1.93. The van der Waals surface area contributed by atoms with E-state index in [-0.39, 0.29) is 6.04 Å². The summed E-state index contributed by atoms with van der Waals surface area (Å²) in [6.07, 6.45) is 4.81. The molecule has 96 valence electrons. The van der Waals surface area contributed by atoms with Gasteiger partial charge in [0.05, 0.1) is 6.20 Å². The average molecular weight is 243 g/mol. The van der Waals surface area contributed by atoms with Crippen molar-refractivity contribution in [3.05, 3.63) is 52.8 Å². The van der Waals surface area contributed by atoms with Gasteiger partial charge < -0.3 is 5.73 Å². The minimum Gasteiger partial charge on any atom is -0.324 e. The first kappa shape index (κ1) is 12.8. The fraction of sp³-hybridized carbons (Fsp3) is 0.400. The highest BCUT2D eigenvalue weighted by atomic mass is 15.3. The zero-order chi connectivity index (χ0) is 13.1. The second-order valence-corrected chi connectivity index (χ2v) is 4.86. The summed E-state index contributed by atoms with van der Waals surface area (Å²) in [6, 6.07) is 6.49. The van der Waals surface area contributed by atoms with E-state index in [9.17, 15) is 0 Å². The van der Waals surface area contributed by atoms with Gasteiger partial charge in [-0.15, -0.1) is 0 Å². The summed E-state index contributed by atoms with van der Waals surface area (Å²) in [6.45, 7) is 7.23. The molecule has 3 nitrogen and oxygen atoms in total. The SMILES string of the molecule is CCn1cc(CC(N)c2ccc(C)c(C)c2)cn1. The maximum Gasteiger partial charge on any atom is 0.0522 e. The van der Waals surface area contributed by atoms with E-state index >= 15 is 0 Å². The van der Waals surface area contributed by atoms with Crippen LogP contribution in [0.5, 0.6) is 0 Å². The molecule has 1 atom stereocenters. The van der Waals surface area contributed by atoms with E-state index < -0.39 is 0 Å². The fourth-order valence-corrected chi connectivity index (χ4v) is 2.05. The molecule has 0 spiro atoms. The molecule has 0 bridgehead atoms. The van der Waals surface area contributed by atoms with Crippen molar-refractivity contribution in [2.45, 2.75) is 39.8 Å². The van der Waals surface area contributed by atoms with Gasteiger partial charge in [0, 0.05) is 18.8 Å². The molecule has 1 heterocycles. The molecule has 2 N–H and O–H groups in total. The standard InChI is InChI=1S/C15H21N3/c1-4-18-10-13(9-17-18)8-15(16)14-6-5-11(2)12(3)7-14/h5-7,9-10,15H,4,8,16H2,1-3H3. The molecule has 0 aliphatic heterocycles. The summed E-state index contributed by atoms with van der Waals surface area (Å²) >= 11 is 0. The molecule has 3 heteroatoms. The van der Waals surface area contributed by atoms with Gasteiger partial charge in [0.2, 0.25) is 0 Å². The van der Waals surface area contributed by atoms with Gasteiger partial charge in [-0.25, -0.2) is 0 Å². The number of aromatic nitrogens is 2. The lowest BCUT2D eigenvalue weighted by Gasteiger charge is -2.12. The number of hydrogen-bond acceptors (Lipinski definition) is 2. The van der Waals surface area contributed by atoms with Crippen molar-refractivity contribution in [1.82, 2.24) is 9.78 Å². The molecule has 0 aliphatic carbocycles. The van der Waals surface area contributed by atoms with Gasteiger partial charge in [0.1, 0.15) is 0 Å². The van der Waals surface area contributed by atoms with E-state index in [4.69, 9.17) is 5.73 Å². The quantitative estimate of drug-likeness (QED) is 0.897. The number of rotatable bonds is 4.